The van der Waals surface area contributed by atoms with E-state index in [-0.39, 0.29) is 16.7 Å². The molecule has 1 N–H and O–H groups in total. The molecule has 0 bridgehead atoms. The van der Waals surface area contributed by atoms with Gasteiger partial charge in [0.2, 0.25) is 15.9 Å². The number of hydrogen-bond donors (Lipinski definition) is 1. The van der Waals surface area contributed by atoms with Gasteiger partial charge in [0.15, 0.2) is 0 Å². The number of benzene rings is 3. The van der Waals surface area contributed by atoms with Crippen molar-refractivity contribution < 1.29 is 13.2 Å². The summed E-state index contributed by atoms with van der Waals surface area (Å²) in [6, 6.07) is 23.5. The van der Waals surface area contributed by atoms with E-state index < -0.39 is 10.0 Å². The third kappa shape index (κ3) is 5.91. The molecule has 7 nitrogen and oxygen atoms in total. The molecule has 34 heavy (non-hydrogen) atoms. The first-order valence-electron chi connectivity index (χ1n) is 11.0. The number of sulfonamides is 1. The van der Waals surface area contributed by atoms with Crippen molar-refractivity contribution in [3.05, 3.63) is 78.9 Å². The van der Waals surface area contributed by atoms with Crippen LogP contribution in [-0.4, -0.2) is 38.0 Å². The van der Waals surface area contributed by atoms with Crippen molar-refractivity contribution in [1.29, 1.82) is 0 Å². The van der Waals surface area contributed by atoms with Crippen molar-refractivity contribution in [2.75, 3.05) is 24.7 Å². The largest absolute Gasteiger partial charge is 0.326 e. The number of amides is 1. The van der Waals surface area contributed by atoms with Crippen LogP contribution < -0.4 is 5.32 Å². The number of hydrogen-bond acceptors (Lipinski definition) is 6. The lowest BCUT2D eigenvalue weighted by Gasteiger charge is -2.30. The Morgan fingerprint density at radius 3 is 2.06 bits per heavy atom. The van der Waals surface area contributed by atoms with Crippen LogP contribution in [0.5, 0.6) is 0 Å². The fourth-order valence-electron chi connectivity index (χ4n) is 3.72. The Kier molecular flexibility index (Phi) is 7.77. The van der Waals surface area contributed by atoms with Gasteiger partial charge in [-0.1, -0.05) is 18.2 Å². The topological polar surface area (TPSA) is 91.2 Å². The summed E-state index contributed by atoms with van der Waals surface area (Å²) in [5.41, 5.74) is 2.13. The summed E-state index contributed by atoms with van der Waals surface area (Å²) < 4.78 is 27.3. The normalized spacial score (nSPS) is 15.4. The molecule has 1 fully saturated rings. The Bertz CT molecular complexity index is 1240. The molecule has 1 aliphatic heterocycles. The van der Waals surface area contributed by atoms with Crippen LogP contribution in [0.2, 0.25) is 0 Å². The van der Waals surface area contributed by atoms with Gasteiger partial charge in [0, 0.05) is 29.6 Å². The summed E-state index contributed by atoms with van der Waals surface area (Å²) in [6.45, 7) is 0.646. The Labute approximate surface area is 204 Å². The minimum Gasteiger partial charge on any atom is -0.326 e. The third-order valence-corrected chi connectivity index (χ3v) is 8.35. The average Bonchev–Trinajstić information content (AvgIpc) is 2.89. The van der Waals surface area contributed by atoms with E-state index in [1.807, 2.05) is 48.7 Å². The molecule has 1 saturated heterocycles. The first-order valence-corrected chi connectivity index (χ1v) is 13.6. The maximum Gasteiger partial charge on any atom is 0.243 e. The number of azo groups is 1. The van der Waals surface area contributed by atoms with Crippen molar-refractivity contribution in [3.8, 4) is 0 Å². The Morgan fingerprint density at radius 2 is 1.47 bits per heavy atom. The lowest BCUT2D eigenvalue weighted by atomic mass is 9.97. The molecular weight excluding hydrogens is 468 g/mol. The van der Waals surface area contributed by atoms with E-state index in [0.717, 1.165) is 10.6 Å². The van der Waals surface area contributed by atoms with E-state index in [9.17, 15) is 13.2 Å². The van der Waals surface area contributed by atoms with Crippen LogP contribution in [0.1, 0.15) is 12.8 Å². The van der Waals surface area contributed by atoms with Crippen molar-refractivity contribution in [1.82, 2.24) is 4.31 Å². The molecule has 1 heterocycles. The molecule has 0 radical (unpaired) electrons. The van der Waals surface area contributed by atoms with Crippen molar-refractivity contribution in [3.63, 3.8) is 0 Å². The van der Waals surface area contributed by atoms with Gasteiger partial charge in [-0.25, -0.2) is 8.42 Å². The number of thioether (sulfide) groups is 1. The van der Waals surface area contributed by atoms with Gasteiger partial charge in [-0.05, 0) is 79.8 Å². The summed E-state index contributed by atoms with van der Waals surface area (Å²) in [7, 11) is -3.55. The van der Waals surface area contributed by atoms with Crippen LogP contribution in [0.4, 0.5) is 17.1 Å². The summed E-state index contributed by atoms with van der Waals surface area (Å²) in [5.74, 6) is -0.331. The highest BCUT2D eigenvalue weighted by Gasteiger charge is 2.32. The van der Waals surface area contributed by atoms with Gasteiger partial charge in [0.25, 0.3) is 0 Å². The number of piperidine rings is 1. The standard InChI is InChI=1S/C25H26N4O3S2/c1-33-23-11-13-24(14-12-23)34(31,32)29-17-15-19(16-18-29)25(30)26-20-7-9-22(10-8-20)28-27-21-5-3-2-4-6-21/h2-14,19H,15-18H2,1H3,(H,26,30). The predicted molar refractivity (Wildman–Crippen MR) is 135 cm³/mol. The van der Waals surface area contributed by atoms with Gasteiger partial charge < -0.3 is 5.32 Å². The molecule has 176 valence electrons. The van der Waals surface area contributed by atoms with Crippen molar-refractivity contribution >= 4 is 44.8 Å². The molecule has 4 rings (SSSR count). The minimum atomic E-state index is -3.55. The lowest BCUT2D eigenvalue weighted by molar-refractivity contribution is -0.120. The van der Waals surface area contributed by atoms with Crippen molar-refractivity contribution in [2.24, 2.45) is 16.1 Å². The van der Waals surface area contributed by atoms with Crippen LogP contribution in [0.3, 0.4) is 0 Å². The molecule has 9 heteroatoms. The second kappa shape index (κ2) is 10.9. The van der Waals surface area contributed by atoms with E-state index in [1.54, 1.807) is 48.2 Å². The molecule has 3 aromatic rings. The molecule has 1 amide bonds. The second-order valence-corrected chi connectivity index (χ2v) is 10.7. The van der Waals surface area contributed by atoms with Crippen LogP contribution in [0.15, 0.2) is 98.9 Å². The average molecular weight is 495 g/mol. The first kappa shape index (κ1) is 24.1. The van der Waals surface area contributed by atoms with Gasteiger partial charge in [0.1, 0.15) is 0 Å². The highest BCUT2D eigenvalue weighted by Crippen LogP contribution is 2.27. The molecule has 0 saturated carbocycles. The molecule has 0 aliphatic carbocycles. The fourth-order valence-corrected chi connectivity index (χ4v) is 5.60. The molecular formula is C25H26N4O3S2. The molecule has 0 aromatic heterocycles. The molecule has 0 unspecified atom stereocenters. The van der Waals surface area contributed by atoms with E-state index in [1.165, 1.54) is 4.31 Å². The number of anilines is 1. The highest BCUT2D eigenvalue weighted by molar-refractivity contribution is 7.98. The van der Waals surface area contributed by atoms with E-state index in [0.29, 0.717) is 37.3 Å². The fraction of sp³-hybridized carbons (Fsp3) is 0.240. The zero-order chi connectivity index (χ0) is 24.0. The number of nitrogens with one attached hydrogen (secondary N) is 1. The van der Waals surface area contributed by atoms with E-state index in [4.69, 9.17) is 0 Å². The van der Waals surface area contributed by atoms with Gasteiger partial charge in [-0.15, -0.1) is 11.8 Å². The lowest BCUT2D eigenvalue weighted by Crippen LogP contribution is -2.41. The minimum absolute atomic E-state index is 0.0972. The smallest absolute Gasteiger partial charge is 0.243 e. The molecule has 3 aromatic carbocycles. The maximum atomic E-state index is 12.9. The Balaban J connectivity index is 1.30. The number of carbonyl (C=O) groups is 1. The number of nitrogens with zero attached hydrogens (tertiary/aromatic N) is 3. The zero-order valence-corrected chi connectivity index (χ0v) is 20.4. The monoisotopic (exact) mass is 494 g/mol. The summed E-state index contributed by atoms with van der Waals surface area (Å²) in [6.07, 6.45) is 2.92. The molecule has 0 spiro atoms. The first-order chi connectivity index (χ1) is 16.5. The highest BCUT2D eigenvalue weighted by atomic mass is 32.2. The van der Waals surface area contributed by atoms with Gasteiger partial charge >= 0.3 is 0 Å². The zero-order valence-electron chi connectivity index (χ0n) is 18.8. The van der Waals surface area contributed by atoms with Crippen LogP contribution >= 0.6 is 11.8 Å². The number of carbonyl (C=O) groups excluding carboxylic acids is 1. The predicted octanol–water partition coefficient (Wildman–Crippen LogP) is 5.86. The van der Waals surface area contributed by atoms with Gasteiger partial charge in [-0.2, -0.15) is 14.5 Å². The Hall–Kier alpha value is -3.01. The van der Waals surface area contributed by atoms with E-state index in [2.05, 4.69) is 15.5 Å². The SMILES string of the molecule is CSc1ccc(S(=O)(=O)N2CCC(C(=O)Nc3ccc(N=Nc4ccccc4)cc3)CC2)cc1. The van der Waals surface area contributed by atoms with Crippen molar-refractivity contribution in [2.45, 2.75) is 22.6 Å². The van der Waals surface area contributed by atoms with E-state index >= 15 is 0 Å². The third-order valence-electron chi connectivity index (χ3n) is 5.69. The van der Waals surface area contributed by atoms with Crippen LogP contribution in [-0.2, 0) is 14.8 Å². The Morgan fingerprint density at radius 1 is 0.882 bits per heavy atom. The summed E-state index contributed by atoms with van der Waals surface area (Å²) >= 11 is 1.57. The second-order valence-electron chi connectivity index (χ2n) is 7.93. The molecule has 1 aliphatic rings. The molecule has 0 atom stereocenters. The quantitative estimate of drug-likeness (QED) is 0.329. The summed E-state index contributed by atoms with van der Waals surface area (Å²) in [5, 5.41) is 11.3. The van der Waals surface area contributed by atoms with Crippen LogP contribution in [0, 0.1) is 5.92 Å². The van der Waals surface area contributed by atoms with Gasteiger partial charge in [-0.3, -0.25) is 4.79 Å². The van der Waals surface area contributed by atoms with Gasteiger partial charge in [0.05, 0.1) is 16.3 Å². The van der Waals surface area contributed by atoms with Crippen LogP contribution in [0.25, 0.3) is 0 Å². The summed E-state index contributed by atoms with van der Waals surface area (Å²) in [4.78, 5) is 14.0. The maximum absolute atomic E-state index is 12.9. The number of rotatable bonds is 7.